The van der Waals surface area contributed by atoms with Gasteiger partial charge in [0.2, 0.25) is 12.8 Å². The smallest absolute Gasteiger partial charge is 0.214 e. The first kappa shape index (κ1) is 27.6. The molecule has 2 amide bonds. The average Bonchev–Trinajstić information content (AvgIpc) is 2.87. The Hall–Kier alpha value is -2.66. The number of carbonyl (C=O) groups is 2. The molecule has 10 heteroatoms. The monoisotopic (exact) mass is 502 g/mol. The molecule has 0 unspecified atom stereocenters. The van der Waals surface area contributed by atoms with Gasteiger partial charge in [-0.25, -0.2) is 0 Å². The fraction of sp³-hybridized carbons (Fsp3) is 0.333. The van der Waals surface area contributed by atoms with Crippen LogP contribution in [-0.4, -0.2) is 56.0 Å². The first-order valence-corrected chi connectivity index (χ1v) is 12.9. The molecule has 0 radical (unpaired) electrons. The van der Waals surface area contributed by atoms with Crippen LogP contribution in [0, 0.1) is 0 Å². The van der Waals surface area contributed by atoms with Crippen LogP contribution in [0.5, 0.6) is 0 Å². The van der Waals surface area contributed by atoms with E-state index in [2.05, 4.69) is 9.97 Å². The summed E-state index contributed by atoms with van der Waals surface area (Å²) in [6.45, 7) is 4.27. The number of aromatic nitrogens is 2. The van der Waals surface area contributed by atoms with E-state index in [0.29, 0.717) is 25.9 Å². The van der Waals surface area contributed by atoms with Crippen molar-refractivity contribution in [3.05, 3.63) is 81.4 Å². The minimum Gasteiger partial charge on any atom is -0.396 e. The number of rotatable bonds is 15. The van der Waals surface area contributed by atoms with Gasteiger partial charge in [0.05, 0.1) is 13.1 Å². The second-order valence-electron chi connectivity index (χ2n) is 7.32. The van der Waals surface area contributed by atoms with Crippen molar-refractivity contribution in [3.63, 3.8) is 0 Å². The van der Waals surface area contributed by atoms with E-state index in [4.69, 9.17) is 0 Å². The topological polar surface area (TPSA) is 107 Å². The number of pyridine rings is 2. The number of carbonyl (C=O) groups excluding carboxylic acids is 2. The summed E-state index contributed by atoms with van der Waals surface area (Å²) in [6, 6.07) is 7.42. The highest BCUT2D eigenvalue weighted by atomic mass is 33.1. The molecule has 0 fully saturated rings. The van der Waals surface area contributed by atoms with Gasteiger partial charge in [-0.2, -0.15) is 0 Å². The Morgan fingerprint density at radius 1 is 0.824 bits per heavy atom. The molecule has 0 spiro atoms. The van der Waals surface area contributed by atoms with E-state index < -0.39 is 0 Å². The molecule has 2 aromatic heterocycles. The number of amides is 2. The van der Waals surface area contributed by atoms with Crippen molar-refractivity contribution < 1.29 is 19.8 Å². The lowest BCUT2D eigenvalue weighted by Crippen LogP contribution is -2.21. The van der Waals surface area contributed by atoms with Crippen LogP contribution < -0.4 is 0 Å². The van der Waals surface area contributed by atoms with E-state index in [1.54, 1.807) is 34.6 Å². The quantitative estimate of drug-likeness (QED) is 0.280. The molecule has 0 bridgehead atoms. The Labute approximate surface area is 208 Å². The largest absolute Gasteiger partial charge is 0.396 e. The molecule has 8 nitrogen and oxygen atoms in total. The normalized spacial score (nSPS) is 12.5. The van der Waals surface area contributed by atoms with Crippen molar-refractivity contribution in [1.82, 2.24) is 19.8 Å². The Balaban J connectivity index is 2.23. The zero-order valence-electron chi connectivity index (χ0n) is 19.3. The number of hydrogen-bond donors (Lipinski definition) is 2. The molecule has 2 N–H and O–H groups in total. The van der Waals surface area contributed by atoms with Crippen LogP contribution >= 0.6 is 21.6 Å². The fourth-order valence-corrected chi connectivity index (χ4v) is 5.89. The van der Waals surface area contributed by atoms with Gasteiger partial charge in [0.1, 0.15) is 0 Å². The maximum absolute atomic E-state index is 11.8. The molecular formula is C24H30N4O4S2. The van der Waals surface area contributed by atoms with E-state index in [9.17, 15) is 19.8 Å². The van der Waals surface area contributed by atoms with Crippen molar-refractivity contribution in [2.45, 2.75) is 39.8 Å². The average molecular weight is 503 g/mol. The molecule has 182 valence electrons. The van der Waals surface area contributed by atoms with Crippen LogP contribution in [-0.2, 0) is 22.7 Å². The van der Waals surface area contributed by atoms with E-state index in [1.165, 1.54) is 21.6 Å². The molecule has 0 aliphatic carbocycles. The van der Waals surface area contributed by atoms with Crippen molar-refractivity contribution in [2.75, 3.05) is 13.2 Å². The molecule has 2 rings (SSSR count). The van der Waals surface area contributed by atoms with Crippen LogP contribution in [0.25, 0.3) is 0 Å². The van der Waals surface area contributed by atoms with Gasteiger partial charge < -0.3 is 20.0 Å². The molecule has 0 aromatic carbocycles. The summed E-state index contributed by atoms with van der Waals surface area (Å²) in [4.78, 5) is 36.6. The first-order chi connectivity index (χ1) is 16.5. The van der Waals surface area contributed by atoms with Crippen LogP contribution in [0.1, 0.15) is 37.8 Å². The second-order valence-corrected chi connectivity index (χ2v) is 9.64. The number of aliphatic hydroxyl groups is 2. The minimum atomic E-state index is -0.0701. The number of aliphatic hydroxyl groups excluding tert-OH is 2. The molecule has 2 heterocycles. The SMILES string of the molecule is C/C(=C(\CCO)SS/C(CCO)=C(/C)N(C=O)Cc1cccnc1)N(C=O)Cc1cccnc1. The maximum atomic E-state index is 11.8. The third-order valence-electron chi connectivity index (χ3n) is 5.00. The van der Waals surface area contributed by atoms with Crippen LogP contribution in [0.2, 0.25) is 0 Å². The maximum Gasteiger partial charge on any atom is 0.214 e. The number of hydrogen-bond acceptors (Lipinski definition) is 8. The van der Waals surface area contributed by atoms with Gasteiger partial charge in [0.15, 0.2) is 0 Å². The van der Waals surface area contributed by atoms with Gasteiger partial charge >= 0.3 is 0 Å². The molecule has 34 heavy (non-hydrogen) atoms. The van der Waals surface area contributed by atoms with E-state index in [-0.39, 0.29) is 13.2 Å². The van der Waals surface area contributed by atoms with Gasteiger partial charge in [-0.3, -0.25) is 19.6 Å². The summed E-state index contributed by atoms with van der Waals surface area (Å²) in [5, 5.41) is 19.2. The minimum absolute atomic E-state index is 0.0701. The van der Waals surface area contributed by atoms with Crippen molar-refractivity contribution in [1.29, 1.82) is 0 Å². The zero-order valence-corrected chi connectivity index (χ0v) is 21.0. The van der Waals surface area contributed by atoms with Gasteiger partial charge in [-0.15, -0.1) is 0 Å². The Kier molecular flexibility index (Phi) is 12.4. The predicted molar refractivity (Wildman–Crippen MR) is 136 cm³/mol. The molecular weight excluding hydrogens is 472 g/mol. The molecule has 0 atom stereocenters. The third kappa shape index (κ3) is 8.60. The summed E-state index contributed by atoms with van der Waals surface area (Å²) < 4.78 is 0. The van der Waals surface area contributed by atoms with E-state index in [0.717, 1.165) is 45.2 Å². The highest BCUT2D eigenvalue weighted by Gasteiger charge is 2.16. The summed E-state index contributed by atoms with van der Waals surface area (Å²) in [5.74, 6) is 0. The molecule has 2 aromatic rings. The summed E-state index contributed by atoms with van der Waals surface area (Å²) in [7, 11) is 2.83. The standard InChI is InChI=1S/C24H30N4O4S2/c1-19(27(17-31)15-21-5-3-9-25-13-21)23(7-11-29)33-34-24(8-12-30)20(2)28(18-32)16-22-6-4-10-26-14-22/h3-6,9-10,13-14,17-18,29-30H,7-8,11-12,15-16H2,1-2H3/b23-19-,24-20-. The lowest BCUT2D eigenvalue weighted by atomic mass is 10.2. The van der Waals surface area contributed by atoms with Gasteiger partial charge in [-0.1, -0.05) is 33.7 Å². The van der Waals surface area contributed by atoms with E-state index >= 15 is 0 Å². The Bertz CT molecular complexity index is 892. The highest BCUT2D eigenvalue weighted by Crippen LogP contribution is 2.42. The third-order valence-corrected chi connectivity index (χ3v) is 7.94. The highest BCUT2D eigenvalue weighted by molar-refractivity contribution is 8.79. The van der Waals surface area contributed by atoms with Gasteiger partial charge in [0.25, 0.3) is 0 Å². The van der Waals surface area contributed by atoms with Crippen molar-refractivity contribution >= 4 is 34.4 Å². The Morgan fingerprint density at radius 2 is 1.24 bits per heavy atom. The first-order valence-electron chi connectivity index (χ1n) is 10.7. The van der Waals surface area contributed by atoms with Gasteiger partial charge in [-0.05, 0) is 37.1 Å². The van der Waals surface area contributed by atoms with Crippen LogP contribution in [0.15, 0.2) is 70.3 Å². The number of allylic oxidation sites excluding steroid dienone is 2. The van der Waals surface area contributed by atoms with Crippen LogP contribution in [0.3, 0.4) is 0 Å². The lowest BCUT2D eigenvalue weighted by molar-refractivity contribution is -0.117. The molecule has 0 saturated heterocycles. The second kappa shape index (κ2) is 15.3. The lowest BCUT2D eigenvalue weighted by Gasteiger charge is -2.23. The summed E-state index contributed by atoms with van der Waals surface area (Å²) in [6.07, 6.45) is 9.05. The van der Waals surface area contributed by atoms with Crippen molar-refractivity contribution in [3.8, 4) is 0 Å². The summed E-state index contributed by atoms with van der Waals surface area (Å²) >= 11 is 0. The number of nitrogens with zero attached hydrogens (tertiary/aromatic N) is 4. The predicted octanol–water partition coefficient (Wildman–Crippen LogP) is 3.70. The van der Waals surface area contributed by atoms with Gasteiger partial charge in [0, 0.05) is 72.0 Å². The fourth-order valence-electron chi connectivity index (χ4n) is 3.04. The van der Waals surface area contributed by atoms with Crippen molar-refractivity contribution in [2.24, 2.45) is 0 Å². The molecule has 0 saturated carbocycles. The molecule has 0 aliphatic heterocycles. The molecule has 0 aliphatic rings. The van der Waals surface area contributed by atoms with Crippen LogP contribution in [0.4, 0.5) is 0 Å². The van der Waals surface area contributed by atoms with E-state index in [1.807, 2.05) is 38.1 Å². The Morgan fingerprint density at radius 3 is 1.53 bits per heavy atom. The summed E-state index contributed by atoms with van der Waals surface area (Å²) in [5.41, 5.74) is 3.25. The zero-order chi connectivity index (χ0) is 24.8.